The summed E-state index contributed by atoms with van der Waals surface area (Å²) in [5.41, 5.74) is 0. The molecule has 2 rings (SSSR count). The summed E-state index contributed by atoms with van der Waals surface area (Å²) in [6.45, 7) is 0. The maximum absolute atomic E-state index is 12.2. The van der Waals surface area contributed by atoms with Gasteiger partial charge in [0, 0.05) is 11.4 Å². The summed E-state index contributed by atoms with van der Waals surface area (Å²) < 4.78 is 28.3. The van der Waals surface area contributed by atoms with Gasteiger partial charge in [-0.2, -0.15) is 0 Å². The van der Waals surface area contributed by atoms with Gasteiger partial charge in [-0.05, 0) is 40.9 Å². The normalized spacial score (nSPS) is 25.9. The third kappa shape index (κ3) is 3.70. The van der Waals surface area contributed by atoms with Crippen molar-refractivity contribution in [2.24, 2.45) is 0 Å². The molecule has 1 saturated carbocycles. The first-order valence-electron chi connectivity index (χ1n) is 5.91. The summed E-state index contributed by atoms with van der Waals surface area (Å²) in [5, 5.41) is -0.106. The van der Waals surface area contributed by atoms with Crippen molar-refractivity contribution in [3.05, 3.63) is 15.9 Å². The van der Waals surface area contributed by atoms with Gasteiger partial charge in [0.15, 0.2) is 0 Å². The van der Waals surface area contributed by atoms with Gasteiger partial charge in [-0.25, -0.2) is 13.1 Å². The number of alkyl halides is 1. The lowest BCUT2D eigenvalue weighted by atomic mass is 10.1. The molecule has 0 saturated heterocycles. The molecular formula is C11H15BrClNO2S2. The molecule has 0 bridgehead atoms. The van der Waals surface area contributed by atoms with Crippen LogP contribution in [0.15, 0.2) is 20.1 Å². The Hall–Kier alpha value is 0.380. The molecule has 1 N–H and O–H groups in total. The highest BCUT2D eigenvalue weighted by molar-refractivity contribution is 9.11. The SMILES string of the molecule is O=S(=O)(NC1CCCCCC1Cl)c1ccc(Br)s1. The minimum absolute atomic E-state index is 0.106. The van der Waals surface area contributed by atoms with Crippen molar-refractivity contribution in [3.63, 3.8) is 0 Å². The molecule has 2 unspecified atom stereocenters. The molecule has 0 spiro atoms. The number of halogens is 2. The van der Waals surface area contributed by atoms with Crippen molar-refractivity contribution < 1.29 is 8.42 Å². The van der Waals surface area contributed by atoms with Crippen LogP contribution >= 0.6 is 38.9 Å². The Balaban J connectivity index is 2.11. The molecule has 7 heteroatoms. The van der Waals surface area contributed by atoms with Gasteiger partial charge in [0.05, 0.1) is 3.79 Å². The Morgan fingerprint density at radius 1 is 1.28 bits per heavy atom. The van der Waals surface area contributed by atoms with Crippen molar-refractivity contribution in [3.8, 4) is 0 Å². The molecule has 0 aromatic carbocycles. The smallest absolute Gasteiger partial charge is 0.206 e. The Morgan fingerprint density at radius 3 is 2.67 bits per heavy atom. The number of hydrogen-bond donors (Lipinski definition) is 1. The number of rotatable bonds is 3. The van der Waals surface area contributed by atoms with Gasteiger partial charge in [-0.15, -0.1) is 22.9 Å². The molecule has 1 aliphatic carbocycles. The molecule has 1 heterocycles. The van der Waals surface area contributed by atoms with Crippen LogP contribution in [0.1, 0.15) is 32.1 Å². The molecule has 1 aromatic heterocycles. The maximum atomic E-state index is 12.2. The van der Waals surface area contributed by atoms with Crippen molar-refractivity contribution in [2.75, 3.05) is 0 Å². The fourth-order valence-corrected chi connectivity index (χ4v) is 5.85. The molecular weight excluding hydrogens is 358 g/mol. The molecule has 18 heavy (non-hydrogen) atoms. The molecule has 0 aliphatic heterocycles. The lowest BCUT2D eigenvalue weighted by Gasteiger charge is -2.20. The Kier molecular flexibility index (Phi) is 5.11. The summed E-state index contributed by atoms with van der Waals surface area (Å²) in [6, 6.07) is 3.20. The van der Waals surface area contributed by atoms with Gasteiger partial charge in [0.1, 0.15) is 4.21 Å². The highest BCUT2D eigenvalue weighted by Gasteiger charge is 2.27. The zero-order valence-electron chi connectivity index (χ0n) is 9.73. The van der Waals surface area contributed by atoms with E-state index >= 15 is 0 Å². The van der Waals surface area contributed by atoms with Crippen molar-refractivity contribution >= 4 is 48.9 Å². The zero-order valence-corrected chi connectivity index (χ0v) is 13.7. The Bertz CT molecular complexity index is 503. The van der Waals surface area contributed by atoms with Crippen LogP contribution in [0.3, 0.4) is 0 Å². The van der Waals surface area contributed by atoms with Gasteiger partial charge in [0.25, 0.3) is 0 Å². The van der Waals surface area contributed by atoms with Gasteiger partial charge in [0.2, 0.25) is 10.0 Å². The van der Waals surface area contributed by atoms with Gasteiger partial charge in [-0.3, -0.25) is 0 Å². The monoisotopic (exact) mass is 371 g/mol. The van der Waals surface area contributed by atoms with Crippen LogP contribution < -0.4 is 4.72 Å². The largest absolute Gasteiger partial charge is 0.250 e. The summed E-state index contributed by atoms with van der Waals surface area (Å²) in [7, 11) is -3.43. The van der Waals surface area contributed by atoms with E-state index in [0.29, 0.717) is 4.21 Å². The standard InChI is InChI=1S/C11H15BrClNO2S2/c12-10-6-7-11(17-10)18(15,16)14-9-5-3-1-2-4-8(9)13/h6-9,14H,1-5H2. The molecule has 1 aliphatic rings. The summed E-state index contributed by atoms with van der Waals surface area (Å²) in [5.74, 6) is 0. The Morgan fingerprint density at radius 2 is 2.00 bits per heavy atom. The second-order valence-corrected chi connectivity index (χ2v) is 9.40. The minimum Gasteiger partial charge on any atom is -0.206 e. The van der Waals surface area contributed by atoms with Crippen LogP contribution in [0.2, 0.25) is 0 Å². The molecule has 2 atom stereocenters. The van der Waals surface area contributed by atoms with Crippen LogP contribution in [0.5, 0.6) is 0 Å². The van der Waals surface area contributed by atoms with Gasteiger partial charge < -0.3 is 0 Å². The van der Waals surface area contributed by atoms with E-state index in [1.807, 2.05) is 0 Å². The van der Waals surface area contributed by atoms with E-state index in [1.54, 1.807) is 12.1 Å². The lowest BCUT2D eigenvalue weighted by molar-refractivity contribution is 0.515. The molecule has 1 fully saturated rings. The summed E-state index contributed by atoms with van der Waals surface area (Å²) >= 11 is 10.7. The Labute approximate surface area is 125 Å². The molecule has 102 valence electrons. The first-order valence-corrected chi connectivity index (χ1v) is 9.44. The minimum atomic E-state index is -3.43. The van der Waals surface area contributed by atoms with Crippen molar-refractivity contribution in [2.45, 2.75) is 47.7 Å². The van der Waals surface area contributed by atoms with Crippen molar-refractivity contribution in [1.82, 2.24) is 4.72 Å². The first-order chi connectivity index (χ1) is 8.49. The fourth-order valence-electron chi connectivity index (χ4n) is 2.09. The average molecular weight is 373 g/mol. The highest BCUT2D eigenvalue weighted by atomic mass is 79.9. The van der Waals surface area contributed by atoms with Crippen LogP contribution in [0.4, 0.5) is 0 Å². The second-order valence-electron chi connectivity index (χ2n) is 4.44. The summed E-state index contributed by atoms with van der Waals surface area (Å²) in [6.07, 6.45) is 4.94. The third-order valence-corrected chi connectivity index (χ3v) is 7.18. The van der Waals surface area contributed by atoms with Crippen LogP contribution in [0.25, 0.3) is 0 Å². The van der Waals surface area contributed by atoms with E-state index in [0.717, 1.165) is 35.9 Å². The molecule has 0 radical (unpaired) electrons. The topological polar surface area (TPSA) is 46.2 Å². The van der Waals surface area contributed by atoms with E-state index in [2.05, 4.69) is 20.7 Å². The second kappa shape index (κ2) is 6.22. The van der Waals surface area contributed by atoms with E-state index in [1.165, 1.54) is 11.3 Å². The third-order valence-electron chi connectivity index (χ3n) is 3.05. The quantitative estimate of drug-likeness (QED) is 0.649. The van der Waals surface area contributed by atoms with Crippen LogP contribution in [-0.4, -0.2) is 19.8 Å². The maximum Gasteiger partial charge on any atom is 0.250 e. The predicted octanol–water partition coefficient (Wildman–Crippen LogP) is 3.73. The van der Waals surface area contributed by atoms with E-state index in [4.69, 9.17) is 11.6 Å². The molecule has 1 aromatic rings. The predicted molar refractivity (Wildman–Crippen MR) is 78.9 cm³/mol. The van der Waals surface area contributed by atoms with Crippen molar-refractivity contribution in [1.29, 1.82) is 0 Å². The van der Waals surface area contributed by atoms with E-state index < -0.39 is 10.0 Å². The van der Waals surface area contributed by atoms with E-state index in [9.17, 15) is 8.42 Å². The van der Waals surface area contributed by atoms with Crippen LogP contribution in [-0.2, 0) is 10.0 Å². The van der Waals surface area contributed by atoms with Crippen LogP contribution in [0, 0.1) is 0 Å². The van der Waals surface area contributed by atoms with Gasteiger partial charge >= 0.3 is 0 Å². The number of hydrogen-bond acceptors (Lipinski definition) is 3. The fraction of sp³-hybridized carbons (Fsp3) is 0.636. The zero-order chi connectivity index (χ0) is 13.2. The lowest BCUT2D eigenvalue weighted by Crippen LogP contribution is -2.40. The summed E-state index contributed by atoms with van der Waals surface area (Å²) in [4.78, 5) is 0. The average Bonchev–Trinajstić information content (AvgIpc) is 2.65. The first kappa shape index (κ1) is 14.8. The molecule has 3 nitrogen and oxygen atoms in total. The number of sulfonamides is 1. The molecule has 0 amide bonds. The van der Waals surface area contributed by atoms with E-state index in [-0.39, 0.29) is 11.4 Å². The number of nitrogens with one attached hydrogen (secondary N) is 1. The number of thiophene rings is 1. The highest BCUT2D eigenvalue weighted by Crippen LogP contribution is 2.28. The van der Waals surface area contributed by atoms with Gasteiger partial charge in [-0.1, -0.05) is 19.3 Å².